The lowest BCUT2D eigenvalue weighted by Gasteiger charge is -2.18. The number of hydrogen-bond acceptors (Lipinski definition) is 9. The van der Waals surface area contributed by atoms with Gasteiger partial charge in [0.25, 0.3) is 20.2 Å². The van der Waals surface area contributed by atoms with Gasteiger partial charge in [0.2, 0.25) is 0 Å². The maximum atomic E-state index is 11.1. The summed E-state index contributed by atoms with van der Waals surface area (Å²) >= 11 is 0. The van der Waals surface area contributed by atoms with Crippen LogP contribution in [0, 0.1) is 0 Å². The summed E-state index contributed by atoms with van der Waals surface area (Å²) in [5.41, 5.74) is 0. The summed E-state index contributed by atoms with van der Waals surface area (Å²) in [5, 5.41) is 0. The Kier molecular flexibility index (Phi) is 5.05. The van der Waals surface area contributed by atoms with Gasteiger partial charge >= 0.3 is 7.32 Å². The van der Waals surface area contributed by atoms with Crippen LogP contribution in [0.4, 0.5) is 0 Å². The predicted octanol–water partition coefficient (Wildman–Crippen LogP) is -1.50. The van der Waals surface area contributed by atoms with Crippen molar-refractivity contribution in [3.8, 4) is 0 Å². The van der Waals surface area contributed by atoms with Crippen molar-refractivity contribution in [1.29, 1.82) is 0 Å². The van der Waals surface area contributed by atoms with Gasteiger partial charge in [-0.2, -0.15) is 16.8 Å². The maximum absolute atomic E-state index is 11.1. The zero-order valence-electron chi connectivity index (χ0n) is 10.8. The summed E-state index contributed by atoms with van der Waals surface area (Å²) in [5.74, 6) is -0.585. The summed E-state index contributed by atoms with van der Waals surface area (Å²) < 4.78 is 69.4. The van der Waals surface area contributed by atoms with Crippen molar-refractivity contribution in [3.63, 3.8) is 0 Å². The van der Waals surface area contributed by atoms with Gasteiger partial charge in [-0.05, 0) is 6.92 Å². The Morgan fingerprint density at radius 1 is 1.00 bits per heavy atom. The molecule has 116 valence electrons. The lowest BCUT2D eigenvalue weighted by atomic mass is 10.2. The molecular weight excluding hydrogens is 315 g/mol. The Hall–Kier alpha value is -0.235. The van der Waals surface area contributed by atoms with Crippen molar-refractivity contribution >= 4 is 27.6 Å². The molecule has 2 atom stereocenters. The first-order chi connectivity index (χ1) is 9.30. The molecule has 2 aliphatic heterocycles. The van der Waals surface area contributed by atoms with Crippen molar-refractivity contribution < 1.29 is 39.2 Å². The van der Waals surface area contributed by atoms with Gasteiger partial charge in [-0.15, -0.1) is 0 Å². The SMILES string of the molecule is CCOB(OC1COS(=O)(=O)C1)OC1COS(=O)(=O)C1. The minimum Gasteiger partial charge on any atom is -0.386 e. The van der Waals surface area contributed by atoms with Crippen molar-refractivity contribution in [2.24, 2.45) is 0 Å². The summed E-state index contributed by atoms with van der Waals surface area (Å²) in [7, 11) is -8.28. The third-order valence-corrected chi connectivity index (χ3v) is 5.11. The molecule has 0 N–H and O–H groups in total. The van der Waals surface area contributed by atoms with Crippen molar-refractivity contribution in [3.05, 3.63) is 0 Å². The highest BCUT2D eigenvalue weighted by Gasteiger charge is 2.39. The molecule has 2 unspecified atom stereocenters. The van der Waals surface area contributed by atoms with Crippen LogP contribution in [-0.2, 0) is 42.6 Å². The molecule has 2 aliphatic rings. The van der Waals surface area contributed by atoms with E-state index in [0.717, 1.165) is 0 Å². The lowest BCUT2D eigenvalue weighted by molar-refractivity contribution is 0.0324. The van der Waals surface area contributed by atoms with E-state index < -0.39 is 39.8 Å². The van der Waals surface area contributed by atoms with Gasteiger partial charge in [-0.25, -0.2) is 0 Å². The number of rotatable bonds is 6. The van der Waals surface area contributed by atoms with Crippen LogP contribution in [0.25, 0.3) is 0 Å². The molecule has 2 rings (SSSR count). The van der Waals surface area contributed by atoms with E-state index in [1.807, 2.05) is 0 Å². The fraction of sp³-hybridized carbons (Fsp3) is 1.00. The third kappa shape index (κ3) is 4.65. The first-order valence-electron chi connectivity index (χ1n) is 5.96. The molecular formula is C8H15BO9S2. The largest absolute Gasteiger partial charge is 0.640 e. The number of hydrogen-bond donors (Lipinski definition) is 0. The van der Waals surface area contributed by atoms with Gasteiger partial charge in [0.15, 0.2) is 0 Å². The molecule has 12 heteroatoms. The monoisotopic (exact) mass is 330 g/mol. The molecule has 0 amide bonds. The molecule has 0 saturated carbocycles. The minimum absolute atomic E-state index is 0.116. The standard InChI is InChI=1S/C8H15BO9S2/c1-2-14-9(17-7-3-15-19(10,11)5-7)18-8-4-16-20(12,13)6-8/h7-8H,2-6H2,1H3. The Bertz CT molecular complexity index is 484. The molecule has 0 radical (unpaired) electrons. The normalized spacial score (nSPS) is 31.4. The molecule has 0 aromatic rings. The molecule has 0 spiro atoms. The molecule has 0 bridgehead atoms. The molecule has 2 fully saturated rings. The van der Waals surface area contributed by atoms with E-state index in [1.165, 1.54) is 0 Å². The van der Waals surface area contributed by atoms with E-state index in [4.69, 9.17) is 14.0 Å². The molecule has 2 heterocycles. The Balaban J connectivity index is 1.88. The van der Waals surface area contributed by atoms with E-state index in [2.05, 4.69) is 8.37 Å². The summed E-state index contributed by atoms with van der Waals surface area (Å²) in [6, 6.07) is 0. The minimum atomic E-state index is -3.56. The van der Waals surface area contributed by atoms with Gasteiger partial charge in [-0.1, -0.05) is 0 Å². The zero-order chi connectivity index (χ0) is 14.8. The highest BCUT2D eigenvalue weighted by molar-refractivity contribution is 7.87. The topological polar surface area (TPSA) is 114 Å². The van der Waals surface area contributed by atoms with Crippen LogP contribution in [0.1, 0.15) is 6.92 Å². The average Bonchev–Trinajstić information content (AvgIpc) is 2.82. The first-order valence-corrected chi connectivity index (χ1v) is 9.12. The molecule has 2 saturated heterocycles. The van der Waals surface area contributed by atoms with Crippen LogP contribution < -0.4 is 0 Å². The summed E-state index contributed by atoms with van der Waals surface area (Å²) in [6.07, 6.45) is -1.43. The Labute approximate surface area is 117 Å². The van der Waals surface area contributed by atoms with Crippen LogP contribution in [-0.4, -0.2) is 67.7 Å². The molecule has 0 aliphatic carbocycles. The van der Waals surface area contributed by atoms with Crippen LogP contribution in [0.5, 0.6) is 0 Å². The Morgan fingerprint density at radius 3 is 1.75 bits per heavy atom. The van der Waals surface area contributed by atoms with E-state index in [0.29, 0.717) is 0 Å². The van der Waals surface area contributed by atoms with Crippen LogP contribution in [0.2, 0.25) is 0 Å². The van der Waals surface area contributed by atoms with E-state index >= 15 is 0 Å². The van der Waals surface area contributed by atoms with Gasteiger partial charge in [0.1, 0.15) is 11.5 Å². The third-order valence-electron chi connectivity index (χ3n) is 2.56. The molecule has 20 heavy (non-hydrogen) atoms. The average molecular weight is 330 g/mol. The zero-order valence-corrected chi connectivity index (χ0v) is 12.4. The van der Waals surface area contributed by atoms with Gasteiger partial charge < -0.3 is 14.0 Å². The van der Waals surface area contributed by atoms with E-state index in [9.17, 15) is 16.8 Å². The first kappa shape index (κ1) is 16.1. The quantitative estimate of drug-likeness (QED) is 0.424. The smallest absolute Gasteiger partial charge is 0.386 e. The predicted molar refractivity (Wildman–Crippen MR) is 66.6 cm³/mol. The second-order valence-corrected chi connectivity index (χ2v) is 7.65. The summed E-state index contributed by atoms with van der Waals surface area (Å²) in [6.45, 7) is 1.72. The molecule has 9 nitrogen and oxygen atoms in total. The Morgan fingerprint density at radius 2 is 1.45 bits per heavy atom. The van der Waals surface area contributed by atoms with Gasteiger partial charge in [0, 0.05) is 6.61 Å². The van der Waals surface area contributed by atoms with Crippen molar-refractivity contribution in [1.82, 2.24) is 0 Å². The highest BCUT2D eigenvalue weighted by Crippen LogP contribution is 2.17. The lowest BCUT2D eigenvalue weighted by Crippen LogP contribution is -2.38. The van der Waals surface area contributed by atoms with E-state index in [-0.39, 0.29) is 31.3 Å². The summed E-state index contributed by atoms with van der Waals surface area (Å²) in [4.78, 5) is 0. The van der Waals surface area contributed by atoms with Gasteiger partial charge in [-0.3, -0.25) is 8.37 Å². The van der Waals surface area contributed by atoms with Crippen LogP contribution in [0.15, 0.2) is 0 Å². The van der Waals surface area contributed by atoms with Crippen LogP contribution in [0.3, 0.4) is 0 Å². The van der Waals surface area contributed by atoms with Crippen LogP contribution >= 0.6 is 0 Å². The second kappa shape index (κ2) is 6.26. The van der Waals surface area contributed by atoms with Crippen molar-refractivity contribution in [2.75, 3.05) is 31.3 Å². The van der Waals surface area contributed by atoms with Crippen molar-refractivity contribution in [2.45, 2.75) is 19.1 Å². The fourth-order valence-electron chi connectivity index (χ4n) is 1.73. The second-order valence-electron chi connectivity index (χ2n) is 4.28. The molecule has 0 aromatic heterocycles. The fourth-order valence-corrected chi connectivity index (χ4v) is 3.90. The maximum Gasteiger partial charge on any atom is 0.640 e. The highest BCUT2D eigenvalue weighted by atomic mass is 32.2. The molecule has 0 aromatic carbocycles. The van der Waals surface area contributed by atoms with Gasteiger partial charge in [0.05, 0.1) is 25.4 Å². The van der Waals surface area contributed by atoms with E-state index in [1.54, 1.807) is 6.92 Å².